The summed E-state index contributed by atoms with van der Waals surface area (Å²) in [5.74, 6) is 0.602. The second-order valence-corrected chi connectivity index (χ2v) is 5.80. The molecule has 0 aliphatic heterocycles. The third-order valence-electron chi connectivity index (χ3n) is 4.83. The Morgan fingerprint density at radius 2 is 2.00 bits per heavy atom. The van der Waals surface area contributed by atoms with Gasteiger partial charge in [0, 0.05) is 11.6 Å². The van der Waals surface area contributed by atoms with Gasteiger partial charge in [0.05, 0.1) is 7.11 Å². The quantitative estimate of drug-likeness (QED) is 0.830. The smallest absolute Gasteiger partial charge is 0.123 e. The zero-order valence-electron chi connectivity index (χ0n) is 12.8. The Hall–Kier alpha value is -1.09. The number of hydrogen-bond acceptors (Lipinski definition) is 2. The number of rotatable bonds is 6. The van der Waals surface area contributed by atoms with Crippen LogP contribution in [0.2, 0.25) is 0 Å². The average Bonchev–Trinajstić information content (AvgIpc) is 2.94. The van der Waals surface area contributed by atoms with Gasteiger partial charge in [-0.05, 0) is 49.4 Å². The van der Waals surface area contributed by atoms with Crippen LogP contribution in [-0.2, 0) is 0 Å². The van der Waals surface area contributed by atoms with Gasteiger partial charge in [-0.25, -0.2) is 4.39 Å². The third-order valence-corrected chi connectivity index (χ3v) is 4.83. The molecular formula is C17H26FNO. The number of ether oxygens (including phenoxy) is 1. The van der Waals surface area contributed by atoms with Crippen LogP contribution in [0.1, 0.15) is 57.6 Å². The molecule has 1 aromatic carbocycles. The second kappa shape index (κ2) is 6.57. The molecule has 2 nitrogen and oxygen atoms in total. The maximum absolute atomic E-state index is 13.7. The van der Waals surface area contributed by atoms with E-state index in [-0.39, 0.29) is 17.3 Å². The van der Waals surface area contributed by atoms with Crippen LogP contribution in [0.15, 0.2) is 18.2 Å². The first-order valence-electron chi connectivity index (χ1n) is 7.73. The van der Waals surface area contributed by atoms with Crippen molar-refractivity contribution in [3.8, 4) is 5.75 Å². The van der Waals surface area contributed by atoms with E-state index in [4.69, 9.17) is 4.74 Å². The van der Waals surface area contributed by atoms with Crippen molar-refractivity contribution in [3.05, 3.63) is 29.6 Å². The van der Waals surface area contributed by atoms with Gasteiger partial charge in [0.15, 0.2) is 0 Å². The van der Waals surface area contributed by atoms with Gasteiger partial charge in [-0.15, -0.1) is 0 Å². The molecule has 0 spiro atoms. The largest absolute Gasteiger partial charge is 0.496 e. The van der Waals surface area contributed by atoms with E-state index >= 15 is 0 Å². The molecule has 0 heterocycles. The third kappa shape index (κ3) is 2.83. The summed E-state index contributed by atoms with van der Waals surface area (Å²) in [4.78, 5) is 0. The Kier molecular flexibility index (Phi) is 5.03. The standard InChI is InChI=1S/C17H26FNO/c1-4-17(10-6-7-11-17)16(19-5-2)14-12-13(18)8-9-15(14)20-3/h8-9,12,16,19H,4-7,10-11H2,1-3H3. The van der Waals surface area contributed by atoms with Crippen molar-refractivity contribution in [1.82, 2.24) is 5.32 Å². The molecule has 0 saturated heterocycles. The van der Waals surface area contributed by atoms with Crippen molar-refractivity contribution >= 4 is 0 Å². The maximum atomic E-state index is 13.7. The van der Waals surface area contributed by atoms with E-state index in [1.807, 2.05) is 0 Å². The Bertz CT molecular complexity index is 441. The molecule has 1 aromatic rings. The van der Waals surface area contributed by atoms with E-state index in [0.29, 0.717) is 0 Å². The molecule has 0 aromatic heterocycles. The molecule has 20 heavy (non-hydrogen) atoms. The van der Waals surface area contributed by atoms with Crippen molar-refractivity contribution in [3.63, 3.8) is 0 Å². The van der Waals surface area contributed by atoms with Crippen molar-refractivity contribution in [2.24, 2.45) is 5.41 Å². The summed E-state index contributed by atoms with van der Waals surface area (Å²) >= 11 is 0. The van der Waals surface area contributed by atoms with Gasteiger partial charge in [0.1, 0.15) is 11.6 Å². The number of halogens is 1. The van der Waals surface area contributed by atoms with Crippen LogP contribution < -0.4 is 10.1 Å². The zero-order chi connectivity index (χ0) is 14.6. The number of benzene rings is 1. The number of methoxy groups -OCH3 is 1. The van der Waals surface area contributed by atoms with Crippen LogP contribution in [0.5, 0.6) is 5.75 Å². The fraction of sp³-hybridized carbons (Fsp3) is 0.647. The molecule has 1 fully saturated rings. The van der Waals surface area contributed by atoms with E-state index in [0.717, 1.165) is 24.3 Å². The molecule has 1 N–H and O–H groups in total. The molecule has 1 saturated carbocycles. The van der Waals surface area contributed by atoms with Gasteiger partial charge < -0.3 is 10.1 Å². The molecule has 1 aliphatic carbocycles. The van der Waals surface area contributed by atoms with Crippen LogP contribution in [0.25, 0.3) is 0 Å². The summed E-state index contributed by atoms with van der Waals surface area (Å²) in [5, 5.41) is 3.59. The van der Waals surface area contributed by atoms with E-state index in [1.54, 1.807) is 19.2 Å². The predicted molar refractivity (Wildman–Crippen MR) is 80.6 cm³/mol. The number of nitrogens with one attached hydrogen (secondary N) is 1. The summed E-state index contributed by atoms with van der Waals surface area (Å²) in [6.07, 6.45) is 6.08. The van der Waals surface area contributed by atoms with Crippen LogP contribution in [0.3, 0.4) is 0 Å². The molecule has 112 valence electrons. The van der Waals surface area contributed by atoms with E-state index in [1.165, 1.54) is 31.7 Å². The lowest BCUT2D eigenvalue weighted by Gasteiger charge is -2.38. The van der Waals surface area contributed by atoms with Crippen LogP contribution in [0.4, 0.5) is 4.39 Å². The minimum absolute atomic E-state index is 0.172. The van der Waals surface area contributed by atoms with Crippen molar-refractivity contribution in [2.45, 2.75) is 52.0 Å². The molecular weight excluding hydrogens is 253 g/mol. The normalized spacial score (nSPS) is 19.0. The van der Waals surface area contributed by atoms with E-state index in [2.05, 4.69) is 19.2 Å². The molecule has 3 heteroatoms. The minimum Gasteiger partial charge on any atom is -0.496 e. The predicted octanol–water partition coefficient (Wildman–Crippen LogP) is 4.46. The highest BCUT2D eigenvalue weighted by atomic mass is 19.1. The molecule has 1 atom stereocenters. The molecule has 0 amide bonds. The average molecular weight is 279 g/mol. The summed E-state index contributed by atoms with van der Waals surface area (Å²) in [7, 11) is 1.66. The Balaban J connectivity index is 2.44. The van der Waals surface area contributed by atoms with E-state index in [9.17, 15) is 4.39 Å². The molecule has 0 radical (unpaired) electrons. The van der Waals surface area contributed by atoms with Crippen LogP contribution >= 0.6 is 0 Å². The lowest BCUT2D eigenvalue weighted by molar-refractivity contribution is 0.185. The second-order valence-electron chi connectivity index (χ2n) is 5.80. The molecule has 2 rings (SSSR count). The highest BCUT2D eigenvalue weighted by Crippen LogP contribution is 2.51. The summed E-state index contributed by atoms with van der Waals surface area (Å²) in [5.41, 5.74) is 1.20. The molecule has 0 bridgehead atoms. The minimum atomic E-state index is -0.187. The van der Waals surface area contributed by atoms with Gasteiger partial charge in [0.25, 0.3) is 0 Å². The van der Waals surface area contributed by atoms with Crippen molar-refractivity contribution in [1.29, 1.82) is 0 Å². The fourth-order valence-corrected chi connectivity index (χ4v) is 3.72. The first-order chi connectivity index (χ1) is 9.66. The highest BCUT2D eigenvalue weighted by Gasteiger charge is 2.41. The highest BCUT2D eigenvalue weighted by molar-refractivity contribution is 5.38. The SMILES string of the molecule is CCNC(c1cc(F)ccc1OC)C1(CC)CCCC1. The monoisotopic (exact) mass is 279 g/mol. The molecule has 1 unspecified atom stereocenters. The summed E-state index contributed by atoms with van der Waals surface area (Å²) in [6.45, 7) is 5.24. The van der Waals surface area contributed by atoms with Crippen molar-refractivity contribution < 1.29 is 9.13 Å². The maximum Gasteiger partial charge on any atom is 0.123 e. The first kappa shape index (κ1) is 15.3. The fourth-order valence-electron chi connectivity index (χ4n) is 3.72. The van der Waals surface area contributed by atoms with Gasteiger partial charge in [-0.1, -0.05) is 26.7 Å². The Morgan fingerprint density at radius 1 is 1.30 bits per heavy atom. The topological polar surface area (TPSA) is 21.3 Å². The lowest BCUT2D eigenvalue weighted by atomic mass is 9.73. The Morgan fingerprint density at radius 3 is 2.55 bits per heavy atom. The lowest BCUT2D eigenvalue weighted by Crippen LogP contribution is -2.36. The summed E-state index contributed by atoms with van der Waals surface area (Å²) in [6, 6.07) is 5.03. The van der Waals surface area contributed by atoms with Gasteiger partial charge in [0.2, 0.25) is 0 Å². The molecule has 1 aliphatic rings. The summed E-state index contributed by atoms with van der Waals surface area (Å²) < 4.78 is 19.2. The Labute approximate surface area is 121 Å². The zero-order valence-corrected chi connectivity index (χ0v) is 12.8. The van der Waals surface area contributed by atoms with Crippen LogP contribution in [-0.4, -0.2) is 13.7 Å². The van der Waals surface area contributed by atoms with Crippen LogP contribution in [0, 0.1) is 11.2 Å². The van der Waals surface area contributed by atoms with Gasteiger partial charge in [-0.2, -0.15) is 0 Å². The van der Waals surface area contributed by atoms with Gasteiger partial charge >= 0.3 is 0 Å². The van der Waals surface area contributed by atoms with Crippen molar-refractivity contribution in [2.75, 3.05) is 13.7 Å². The van der Waals surface area contributed by atoms with E-state index < -0.39 is 0 Å². The van der Waals surface area contributed by atoms with Gasteiger partial charge in [-0.3, -0.25) is 0 Å². The number of hydrogen-bond donors (Lipinski definition) is 1. The first-order valence-corrected chi connectivity index (χ1v) is 7.73.